The van der Waals surface area contributed by atoms with Crippen LogP contribution < -0.4 is 16.2 Å². The highest BCUT2D eigenvalue weighted by Gasteiger charge is 2.16. The Morgan fingerprint density at radius 3 is 2.69 bits per heavy atom. The number of hydrogen-bond donors (Lipinski definition) is 2. The van der Waals surface area contributed by atoms with E-state index in [0.717, 1.165) is 70.4 Å². The van der Waals surface area contributed by atoms with Gasteiger partial charge in [-0.2, -0.15) is 0 Å². The number of aryl methyl sites for hydroxylation is 1. The van der Waals surface area contributed by atoms with E-state index in [2.05, 4.69) is 34.4 Å². The van der Waals surface area contributed by atoms with Crippen molar-refractivity contribution in [2.24, 2.45) is 0 Å². The molecule has 3 rings (SSSR count). The van der Waals surface area contributed by atoms with Gasteiger partial charge in [0.25, 0.3) is 5.56 Å². The zero-order valence-corrected chi connectivity index (χ0v) is 19.3. The van der Waals surface area contributed by atoms with Crippen LogP contribution in [0.25, 0.3) is 10.9 Å². The second-order valence-corrected chi connectivity index (χ2v) is 8.38. The molecule has 2 N–H and O–H groups in total. The van der Waals surface area contributed by atoms with Crippen molar-refractivity contribution in [3.05, 3.63) is 34.4 Å². The summed E-state index contributed by atoms with van der Waals surface area (Å²) in [5.41, 5.74) is 0.951. The highest BCUT2D eigenvalue weighted by molar-refractivity contribution is 6.39. The van der Waals surface area contributed by atoms with Crippen molar-refractivity contribution in [2.45, 2.75) is 65.3 Å². The lowest BCUT2D eigenvalue weighted by Gasteiger charge is -2.19. The molecule has 174 valence electrons. The number of aromatic nitrogens is 2. The minimum Gasteiger partial charge on any atom is -0.348 e. The molecule has 32 heavy (non-hydrogen) atoms. The van der Waals surface area contributed by atoms with Crippen LogP contribution >= 0.6 is 0 Å². The molecule has 1 aromatic carbocycles. The van der Waals surface area contributed by atoms with Crippen molar-refractivity contribution >= 4 is 28.4 Å². The fourth-order valence-electron chi connectivity index (χ4n) is 4.08. The third-order valence-corrected chi connectivity index (χ3v) is 5.99. The van der Waals surface area contributed by atoms with Gasteiger partial charge in [0, 0.05) is 25.2 Å². The summed E-state index contributed by atoms with van der Waals surface area (Å²) < 4.78 is 1.74. The normalized spacial score (nSPS) is 13.6. The summed E-state index contributed by atoms with van der Waals surface area (Å²) in [4.78, 5) is 44.4. The van der Waals surface area contributed by atoms with E-state index in [9.17, 15) is 14.4 Å². The standard InChI is InChI=1S/C24H35N5O3/c1-3-5-14-28(4-2)15-9-13-25-22(30)23(31)26-18-11-12-20-19(17-18)24(32)29-16-8-6-7-10-21(29)27-20/h11-12,17H,3-10,13-16H2,1-2H3,(H,25,30)(H,26,31). The molecule has 1 aliphatic heterocycles. The molecule has 1 aliphatic rings. The Bertz CT molecular complexity index is 1000. The minimum atomic E-state index is -0.731. The van der Waals surface area contributed by atoms with E-state index in [1.54, 1.807) is 22.8 Å². The first-order valence-electron chi connectivity index (χ1n) is 11.9. The van der Waals surface area contributed by atoms with E-state index < -0.39 is 11.8 Å². The molecule has 1 aromatic heterocycles. The number of nitrogens with one attached hydrogen (secondary N) is 2. The lowest BCUT2D eigenvalue weighted by Crippen LogP contribution is -2.37. The Morgan fingerprint density at radius 2 is 1.91 bits per heavy atom. The topological polar surface area (TPSA) is 96.3 Å². The first kappa shape index (κ1) is 23.9. The van der Waals surface area contributed by atoms with Crippen LogP contribution in [0.5, 0.6) is 0 Å². The maximum atomic E-state index is 12.9. The molecule has 0 spiro atoms. The monoisotopic (exact) mass is 441 g/mol. The maximum Gasteiger partial charge on any atom is 0.313 e. The molecule has 2 aromatic rings. The van der Waals surface area contributed by atoms with Crippen molar-refractivity contribution in [2.75, 3.05) is 31.5 Å². The largest absolute Gasteiger partial charge is 0.348 e. The van der Waals surface area contributed by atoms with Gasteiger partial charge in [-0.05, 0) is 63.5 Å². The van der Waals surface area contributed by atoms with Crippen molar-refractivity contribution in [3.8, 4) is 0 Å². The quantitative estimate of drug-likeness (QED) is 0.461. The van der Waals surface area contributed by atoms with Gasteiger partial charge in [0.1, 0.15) is 5.82 Å². The second-order valence-electron chi connectivity index (χ2n) is 8.38. The molecule has 0 bridgehead atoms. The van der Waals surface area contributed by atoms with Gasteiger partial charge in [-0.3, -0.25) is 19.0 Å². The molecular formula is C24H35N5O3. The van der Waals surface area contributed by atoms with Crippen LogP contribution in [0.3, 0.4) is 0 Å². The lowest BCUT2D eigenvalue weighted by atomic mass is 10.2. The Kier molecular flexibility index (Phi) is 8.79. The maximum absolute atomic E-state index is 12.9. The van der Waals surface area contributed by atoms with Crippen LogP contribution in [0, 0.1) is 0 Å². The lowest BCUT2D eigenvalue weighted by molar-refractivity contribution is -0.136. The van der Waals surface area contributed by atoms with Gasteiger partial charge in [-0.1, -0.05) is 26.7 Å². The number of fused-ring (bicyclic) bond motifs is 2. The van der Waals surface area contributed by atoms with Crippen LogP contribution in [0.2, 0.25) is 0 Å². The molecular weight excluding hydrogens is 406 g/mol. The highest BCUT2D eigenvalue weighted by atomic mass is 16.2. The van der Waals surface area contributed by atoms with Crippen LogP contribution in [0.15, 0.2) is 23.0 Å². The van der Waals surface area contributed by atoms with Crippen LogP contribution in [0.4, 0.5) is 5.69 Å². The zero-order chi connectivity index (χ0) is 22.9. The number of carbonyl (C=O) groups excluding carboxylic acids is 2. The number of carbonyl (C=O) groups is 2. The van der Waals surface area contributed by atoms with Gasteiger partial charge in [-0.25, -0.2) is 4.98 Å². The third-order valence-electron chi connectivity index (χ3n) is 5.99. The van der Waals surface area contributed by atoms with Gasteiger partial charge in [0.2, 0.25) is 0 Å². The van der Waals surface area contributed by atoms with E-state index in [1.807, 2.05) is 0 Å². The van der Waals surface area contributed by atoms with Crippen LogP contribution in [-0.4, -0.2) is 52.4 Å². The summed E-state index contributed by atoms with van der Waals surface area (Å²) >= 11 is 0. The zero-order valence-electron chi connectivity index (χ0n) is 19.3. The highest BCUT2D eigenvalue weighted by Crippen LogP contribution is 2.18. The molecule has 2 heterocycles. The molecule has 0 saturated heterocycles. The number of unbranched alkanes of at least 4 members (excludes halogenated alkanes) is 1. The van der Waals surface area contributed by atoms with E-state index in [-0.39, 0.29) is 5.56 Å². The first-order valence-corrected chi connectivity index (χ1v) is 11.9. The number of nitrogens with zero attached hydrogens (tertiary/aromatic N) is 3. The van der Waals surface area contributed by atoms with E-state index in [0.29, 0.717) is 29.7 Å². The molecule has 8 heteroatoms. The first-order chi connectivity index (χ1) is 15.5. The number of benzene rings is 1. The van der Waals surface area contributed by atoms with Gasteiger partial charge < -0.3 is 15.5 Å². The van der Waals surface area contributed by atoms with Crippen molar-refractivity contribution in [1.82, 2.24) is 19.8 Å². The average molecular weight is 442 g/mol. The molecule has 0 aliphatic carbocycles. The van der Waals surface area contributed by atoms with E-state index in [4.69, 9.17) is 0 Å². The van der Waals surface area contributed by atoms with Crippen LogP contribution in [-0.2, 0) is 22.6 Å². The Labute approximate surface area is 189 Å². The van der Waals surface area contributed by atoms with E-state index >= 15 is 0 Å². The number of amides is 2. The Balaban J connectivity index is 1.57. The molecule has 0 saturated carbocycles. The summed E-state index contributed by atoms with van der Waals surface area (Å²) in [6.45, 7) is 8.35. The van der Waals surface area contributed by atoms with Gasteiger partial charge in [-0.15, -0.1) is 0 Å². The molecule has 8 nitrogen and oxygen atoms in total. The number of anilines is 1. The van der Waals surface area contributed by atoms with Gasteiger partial charge >= 0.3 is 11.8 Å². The number of hydrogen-bond acceptors (Lipinski definition) is 5. The fraction of sp³-hybridized carbons (Fsp3) is 0.583. The molecule has 0 fully saturated rings. The van der Waals surface area contributed by atoms with Crippen molar-refractivity contribution in [1.29, 1.82) is 0 Å². The molecule has 0 unspecified atom stereocenters. The summed E-state index contributed by atoms with van der Waals surface area (Å²) in [5, 5.41) is 5.74. The van der Waals surface area contributed by atoms with Crippen molar-refractivity contribution < 1.29 is 9.59 Å². The molecule has 2 amide bonds. The van der Waals surface area contributed by atoms with Gasteiger partial charge in [0.05, 0.1) is 10.9 Å². The van der Waals surface area contributed by atoms with E-state index in [1.165, 1.54) is 0 Å². The average Bonchev–Trinajstić information content (AvgIpc) is 3.04. The minimum absolute atomic E-state index is 0.0870. The predicted octanol–water partition coefficient (Wildman–Crippen LogP) is 2.69. The predicted molar refractivity (Wildman–Crippen MR) is 127 cm³/mol. The van der Waals surface area contributed by atoms with Crippen LogP contribution in [0.1, 0.15) is 58.2 Å². The molecule has 0 atom stereocenters. The molecule has 0 radical (unpaired) electrons. The third kappa shape index (κ3) is 6.16. The van der Waals surface area contributed by atoms with Crippen molar-refractivity contribution in [3.63, 3.8) is 0 Å². The van der Waals surface area contributed by atoms with Gasteiger partial charge in [0.15, 0.2) is 0 Å². The summed E-state index contributed by atoms with van der Waals surface area (Å²) in [7, 11) is 0. The Hall–Kier alpha value is -2.74. The smallest absolute Gasteiger partial charge is 0.313 e. The number of rotatable bonds is 9. The Morgan fingerprint density at radius 1 is 1.09 bits per heavy atom. The summed E-state index contributed by atoms with van der Waals surface area (Å²) in [6.07, 6.45) is 7.01. The summed E-state index contributed by atoms with van der Waals surface area (Å²) in [5.74, 6) is -0.573. The second kappa shape index (κ2) is 11.8. The SMILES string of the molecule is CCCCN(CC)CCCNC(=O)C(=O)Nc1ccc2nc3n(c(=O)c2c1)CCCCC3. The summed E-state index contributed by atoms with van der Waals surface area (Å²) in [6, 6.07) is 5.02. The fourth-order valence-corrected chi connectivity index (χ4v) is 4.08.